The molecule has 0 saturated heterocycles. The fourth-order valence-corrected chi connectivity index (χ4v) is 3.22. The van der Waals surface area contributed by atoms with Crippen molar-refractivity contribution in [3.05, 3.63) is 95.6 Å². The molecule has 6 N–H and O–H groups in total. The number of hydrogen-bond donors (Lipinski definition) is 4. The number of quaternary nitrogens is 3. The van der Waals surface area contributed by atoms with E-state index in [9.17, 15) is 0 Å². The molecule has 0 radical (unpaired) electrons. The van der Waals surface area contributed by atoms with E-state index in [1.165, 1.54) is 21.6 Å². The highest BCUT2D eigenvalue weighted by molar-refractivity contribution is 5.32. The van der Waals surface area contributed by atoms with E-state index >= 15 is 0 Å². The summed E-state index contributed by atoms with van der Waals surface area (Å²) in [4.78, 5) is 6.54. The maximum atomic E-state index is 9.12. The first-order chi connectivity index (χ1) is 14.3. The molecule has 0 spiro atoms. The molecule has 0 amide bonds. The highest BCUT2D eigenvalue weighted by Gasteiger charge is 2.13. The van der Waals surface area contributed by atoms with E-state index in [2.05, 4.69) is 66.7 Å². The van der Waals surface area contributed by atoms with Gasteiger partial charge in [-0.3, -0.25) is 0 Å². The quantitative estimate of drug-likeness (QED) is 0.329. The molecule has 1 unspecified atom stereocenters. The molecule has 1 atom stereocenters. The summed E-state index contributed by atoms with van der Waals surface area (Å²) >= 11 is 0. The summed E-state index contributed by atoms with van der Waals surface area (Å²) in [5, 5.41) is 9.12. The molecule has 0 aromatic heterocycles. The molecule has 0 saturated carbocycles. The Hall–Kier alpha value is -2.54. The fourth-order valence-electron chi connectivity index (χ4n) is 3.22. The van der Waals surface area contributed by atoms with Gasteiger partial charge in [-0.25, -0.2) is 10.0 Å². The molecule has 3 aromatic carbocycles. The zero-order chi connectivity index (χ0) is 20.9. The van der Waals surface area contributed by atoms with Gasteiger partial charge in [-0.2, -0.15) is 11.0 Å². The summed E-state index contributed by atoms with van der Waals surface area (Å²) in [7, 11) is 1.67. The summed E-state index contributed by atoms with van der Waals surface area (Å²) in [5.41, 5.74) is 8.67. The monoisotopic (exact) mass is 396 g/mol. The van der Waals surface area contributed by atoms with Crippen molar-refractivity contribution in [3.8, 4) is 0 Å². The van der Waals surface area contributed by atoms with Crippen LogP contribution in [0.15, 0.2) is 78.9 Å². The number of nitrogens with two attached hydrogens (primary N) is 2. The molecule has 0 aliphatic carbocycles. The Labute approximate surface area is 173 Å². The Bertz CT molecular complexity index is 806. The Balaban J connectivity index is 0.00000145. The van der Waals surface area contributed by atoms with Gasteiger partial charge in [0.25, 0.3) is 0 Å². The van der Waals surface area contributed by atoms with Crippen molar-refractivity contribution in [3.63, 3.8) is 0 Å². The first-order valence-electron chi connectivity index (χ1n) is 10.2. The second-order valence-electron chi connectivity index (χ2n) is 6.73. The normalized spacial score (nSPS) is 11.4. The summed E-state index contributed by atoms with van der Waals surface area (Å²) in [6, 6.07) is 27.2. The third-order valence-corrected chi connectivity index (χ3v) is 4.57. The Kier molecular flexibility index (Phi) is 10.1. The van der Waals surface area contributed by atoms with Crippen molar-refractivity contribution >= 4 is 11.4 Å². The minimum Gasteiger partial charge on any atom is -0.324 e. The lowest BCUT2D eigenvalue weighted by molar-refractivity contribution is -0.941. The van der Waals surface area contributed by atoms with E-state index in [1.54, 1.807) is 12.6 Å². The van der Waals surface area contributed by atoms with Gasteiger partial charge < -0.3 is 4.90 Å². The van der Waals surface area contributed by atoms with Gasteiger partial charge in [0, 0.05) is 41.0 Å². The van der Waals surface area contributed by atoms with E-state index in [4.69, 9.17) is 10.0 Å². The zero-order valence-corrected chi connectivity index (χ0v) is 17.6. The van der Waals surface area contributed by atoms with E-state index < -0.39 is 0 Å². The maximum absolute atomic E-state index is 9.12. The van der Waals surface area contributed by atoms with E-state index in [1.807, 2.05) is 26.0 Å². The van der Waals surface area contributed by atoms with Gasteiger partial charge in [0.1, 0.15) is 19.6 Å². The molecular formula is C24H34N3O2+3. The van der Waals surface area contributed by atoms with Crippen molar-refractivity contribution < 1.29 is 25.9 Å². The van der Waals surface area contributed by atoms with Crippen LogP contribution in [0, 0.1) is 0 Å². The molecule has 3 rings (SSSR count). The predicted octanol–water partition coefficient (Wildman–Crippen LogP) is 1.84. The van der Waals surface area contributed by atoms with E-state index in [0.29, 0.717) is 0 Å². The van der Waals surface area contributed by atoms with Crippen molar-refractivity contribution in [1.82, 2.24) is 0 Å². The largest absolute Gasteiger partial charge is 0.324 e. The molecule has 0 heterocycles. The van der Waals surface area contributed by atoms with Gasteiger partial charge >= 0.3 is 0 Å². The van der Waals surface area contributed by atoms with Gasteiger partial charge in [0.2, 0.25) is 0 Å². The lowest BCUT2D eigenvalue weighted by atomic mass is 10.1. The van der Waals surface area contributed by atoms with Crippen molar-refractivity contribution in [2.75, 3.05) is 7.11 Å². The number of hydrogen-bond acceptors (Lipinski definition) is 2. The van der Waals surface area contributed by atoms with Crippen LogP contribution in [-0.2, 0) is 24.5 Å². The van der Waals surface area contributed by atoms with Crippen LogP contribution in [0.1, 0.15) is 30.5 Å². The SMILES string of the molecule is CC.CO[NH2+]c1ccc(C[NH+](Cc2ccccc2)Cc2ccc([NH2+]O)cc2)cc1. The number of benzene rings is 3. The van der Waals surface area contributed by atoms with Crippen LogP contribution in [0.4, 0.5) is 11.4 Å². The molecule has 0 aliphatic heterocycles. The van der Waals surface area contributed by atoms with Crippen LogP contribution in [0.5, 0.6) is 0 Å². The van der Waals surface area contributed by atoms with Crippen LogP contribution >= 0.6 is 0 Å². The minimum atomic E-state index is 0.827. The average Bonchev–Trinajstić information content (AvgIpc) is 2.78. The van der Waals surface area contributed by atoms with Gasteiger partial charge in [-0.05, 0) is 24.3 Å². The highest BCUT2D eigenvalue weighted by Crippen LogP contribution is 2.06. The van der Waals surface area contributed by atoms with Gasteiger partial charge in [0.05, 0.1) is 7.11 Å². The lowest BCUT2D eigenvalue weighted by Gasteiger charge is -2.20. The second kappa shape index (κ2) is 12.8. The summed E-state index contributed by atoms with van der Waals surface area (Å²) < 4.78 is 0. The third-order valence-electron chi connectivity index (χ3n) is 4.57. The number of rotatable bonds is 9. The minimum absolute atomic E-state index is 0.827. The van der Waals surface area contributed by atoms with Crippen LogP contribution < -0.4 is 15.9 Å². The van der Waals surface area contributed by atoms with Gasteiger partial charge in [0.15, 0.2) is 11.4 Å². The van der Waals surface area contributed by atoms with Gasteiger partial charge in [-0.15, -0.1) is 0 Å². The first kappa shape index (κ1) is 22.7. The average molecular weight is 397 g/mol. The number of nitrogens with one attached hydrogen (secondary N) is 1. The van der Waals surface area contributed by atoms with E-state index in [-0.39, 0.29) is 0 Å². The van der Waals surface area contributed by atoms with Crippen LogP contribution in [-0.4, -0.2) is 12.3 Å². The summed E-state index contributed by atoms with van der Waals surface area (Å²) in [5.74, 6) is 0. The van der Waals surface area contributed by atoms with Crippen molar-refractivity contribution in [2.45, 2.75) is 33.5 Å². The zero-order valence-electron chi connectivity index (χ0n) is 17.6. The smallest absolute Gasteiger partial charge is 0.161 e. The molecular weight excluding hydrogens is 362 g/mol. The van der Waals surface area contributed by atoms with E-state index in [0.717, 1.165) is 36.5 Å². The summed E-state index contributed by atoms with van der Waals surface area (Å²) in [6.07, 6.45) is 0. The van der Waals surface area contributed by atoms with Crippen molar-refractivity contribution in [2.24, 2.45) is 0 Å². The molecule has 5 nitrogen and oxygen atoms in total. The molecule has 0 bridgehead atoms. The van der Waals surface area contributed by atoms with Crippen LogP contribution in [0.2, 0.25) is 0 Å². The van der Waals surface area contributed by atoms with Gasteiger partial charge in [-0.1, -0.05) is 44.2 Å². The molecule has 5 heteroatoms. The maximum Gasteiger partial charge on any atom is 0.161 e. The van der Waals surface area contributed by atoms with Crippen LogP contribution in [0.25, 0.3) is 0 Å². The highest BCUT2D eigenvalue weighted by atomic mass is 16.6. The topological polar surface area (TPSA) is 67.1 Å². The molecule has 29 heavy (non-hydrogen) atoms. The second-order valence-corrected chi connectivity index (χ2v) is 6.73. The Morgan fingerprint density at radius 3 is 1.59 bits per heavy atom. The third kappa shape index (κ3) is 7.77. The predicted molar refractivity (Wildman–Crippen MR) is 115 cm³/mol. The first-order valence-corrected chi connectivity index (χ1v) is 10.2. The van der Waals surface area contributed by atoms with Crippen LogP contribution in [0.3, 0.4) is 0 Å². The summed E-state index contributed by atoms with van der Waals surface area (Å²) in [6.45, 7) is 6.82. The Morgan fingerprint density at radius 2 is 1.14 bits per heavy atom. The molecule has 0 fully saturated rings. The molecule has 3 aromatic rings. The fraction of sp³-hybridized carbons (Fsp3) is 0.250. The molecule has 0 aliphatic rings. The van der Waals surface area contributed by atoms with Crippen molar-refractivity contribution in [1.29, 1.82) is 0 Å². The molecule has 154 valence electrons. The lowest BCUT2D eigenvalue weighted by Crippen LogP contribution is -3.08. The Morgan fingerprint density at radius 1 is 0.690 bits per heavy atom. The standard InChI is InChI=1S/C22H25N3O2.C2H6/c1-27-24-22-13-9-20(10-14-22)17-25(15-18-5-3-2-4-6-18)16-19-7-11-21(23-26)12-8-19;1-2/h2-14,23-24,26H,15-17H2,1H3;1-2H3/p+3.